The van der Waals surface area contributed by atoms with E-state index in [0.29, 0.717) is 0 Å². The zero-order chi connectivity index (χ0) is 22.1. The van der Waals surface area contributed by atoms with Crippen molar-refractivity contribution in [1.82, 2.24) is 0 Å². The summed E-state index contributed by atoms with van der Waals surface area (Å²) in [7, 11) is 12.5. The zero-order valence-electron chi connectivity index (χ0n) is 19.3. The quantitative estimate of drug-likeness (QED) is 0.391. The molecule has 0 heterocycles. The van der Waals surface area contributed by atoms with Crippen LogP contribution in [0.15, 0.2) is 72.8 Å². The normalized spacial score (nSPS) is 10.9. The molecule has 4 aromatic rings. The molecule has 0 saturated carbocycles. The minimum absolute atomic E-state index is 1.13. The van der Waals surface area contributed by atoms with Gasteiger partial charge >= 0.3 is 0 Å². The third-order valence-electron chi connectivity index (χ3n) is 5.72. The van der Waals surface area contributed by atoms with Gasteiger partial charge in [-0.2, -0.15) is 0 Å². The number of rotatable bonds is 5. The second kappa shape index (κ2) is 8.35. The van der Waals surface area contributed by atoms with Gasteiger partial charge in [-0.1, -0.05) is 48.5 Å². The SMILES string of the molecule is CN(C)c1ccc(-c2[c]c3ccccc3c(N(C)C)c2-c2ccc(N(C)C)cc2)cc1. The molecule has 0 aliphatic rings. The Kier molecular flexibility index (Phi) is 5.60. The summed E-state index contributed by atoms with van der Waals surface area (Å²) in [6, 6.07) is 29.8. The molecule has 3 heteroatoms. The molecule has 0 bridgehead atoms. The Bertz CT molecular complexity index is 1190. The summed E-state index contributed by atoms with van der Waals surface area (Å²) in [4.78, 5) is 6.48. The molecule has 0 aliphatic heterocycles. The lowest BCUT2D eigenvalue weighted by atomic mass is 9.89. The molecule has 0 aliphatic carbocycles. The van der Waals surface area contributed by atoms with E-state index in [1.807, 2.05) is 0 Å². The Labute approximate surface area is 186 Å². The maximum atomic E-state index is 3.74. The third kappa shape index (κ3) is 3.96. The zero-order valence-corrected chi connectivity index (χ0v) is 19.3. The van der Waals surface area contributed by atoms with Crippen molar-refractivity contribution < 1.29 is 0 Å². The van der Waals surface area contributed by atoms with Gasteiger partial charge in [-0.05, 0) is 46.8 Å². The largest absolute Gasteiger partial charge is 0.378 e. The Hall–Kier alpha value is -3.46. The number of hydrogen-bond acceptors (Lipinski definition) is 3. The minimum atomic E-state index is 1.13. The first-order chi connectivity index (χ1) is 14.9. The van der Waals surface area contributed by atoms with Crippen LogP contribution in [0, 0.1) is 6.07 Å². The molecule has 0 saturated heterocycles. The Balaban J connectivity index is 2.03. The average molecular weight is 409 g/mol. The molecule has 4 aromatic carbocycles. The summed E-state index contributed by atoms with van der Waals surface area (Å²) >= 11 is 0. The first-order valence-electron chi connectivity index (χ1n) is 10.6. The molecule has 0 aromatic heterocycles. The molecular weight excluding hydrogens is 378 g/mol. The molecule has 0 N–H and O–H groups in total. The molecule has 0 unspecified atom stereocenters. The van der Waals surface area contributed by atoms with Crippen LogP contribution < -0.4 is 14.7 Å². The predicted molar refractivity (Wildman–Crippen MR) is 137 cm³/mol. The van der Waals surface area contributed by atoms with Crippen LogP contribution in [0.3, 0.4) is 0 Å². The fourth-order valence-corrected chi connectivity index (χ4v) is 4.06. The Morgan fingerprint density at radius 1 is 0.548 bits per heavy atom. The number of nitrogens with zero attached hydrogens (tertiary/aromatic N) is 3. The third-order valence-corrected chi connectivity index (χ3v) is 5.72. The highest BCUT2D eigenvalue weighted by molar-refractivity contribution is 6.08. The van der Waals surface area contributed by atoms with Crippen LogP contribution in [0.2, 0.25) is 0 Å². The topological polar surface area (TPSA) is 9.72 Å². The van der Waals surface area contributed by atoms with Crippen LogP contribution in [0.5, 0.6) is 0 Å². The summed E-state index contributed by atoms with van der Waals surface area (Å²) in [5, 5.41) is 2.35. The first-order valence-corrected chi connectivity index (χ1v) is 10.6. The van der Waals surface area contributed by atoms with Crippen molar-refractivity contribution in [2.45, 2.75) is 0 Å². The van der Waals surface area contributed by atoms with E-state index in [9.17, 15) is 0 Å². The molecule has 157 valence electrons. The van der Waals surface area contributed by atoms with Gasteiger partial charge in [0.05, 0.1) is 5.69 Å². The van der Waals surface area contributed by atoms with E-state index in [-0.39, 0.29) is 0 Å². The predicted octanol–water partition coefficient (Wildman–Crippen LogP) is 6.17. The number of fused-ring (bicyclic) bond motifs is 1. The van der Waals surface area contributed by atoms with Crippen molar-refractivity contribution in [1.29, 1.82) is 0 Å². The van der Waals surface area contributed by atoms with Gasteiger partial charge in [-0.25, -0.2) is 0 Å². The van der Waals surface area contributed by atoms with Gasteiger partial charge in [-0.3, -0.25) is 0 Å². The van der Waals surface area contributed by atoms with Crippen molar-refractivity contribution in [3.05, 3.63) is 78.9 Å². The highest BCUT2D eigenvalue weighted by atomic mass is 15.1. The second-order valence-corrected chi connectivity index (χ2v) is 8.55. The van der Waals surface area contributed by atoms with Crippen LogP contribution in [-0.4, -0.2) is 42.3 Å². The van der Waals surface area contributed by atoms with Crippen LogP contribution in [0.1, 0.15) is 0 Å². The van der Waals surface area contributed by atoms with E-state index < -0.39 is 0 Å². The van der Waals surface area contributed by atoms with Crippen molar-refractivity contribution in [2.24, 2.45) is 0 Å². The van der Waals surface area contributed by atoms with E-state index in [1.165, 1.54) is 39.1 Å². The summed E-state index contributed by atoms with van der Waals surface area (Å²) in [6.45, 7) is 0. The number of anilines is 3. The molecule has 1 radical (unpaired) electrons. The van der Waals surface area contributed by atoms with E-state index in [4.69, 9.17) is 0 Å². The maximum Gasteiger partial charge on any atom is 0.0527 e. The van der Waals surface area contributed by atoms with Gasteiger partial charge in [0, 0.05) is 70.2 Å². The highest BCUT2D eigenvalue weighted by Gasteiger charge is 2.18. The molecular formula is C28H30N3. The van der Waals surface area contributed by atoms with Crippen LogP contribution in [0.4, 0.5) is 17.1 Å². The standard InChI is InChI=1S/C28H30N3/c1-29(2)23-15-11-20(12-16-23)26-19-22-9-7-8-10-25(22)28(31(5)6)27(26)21-13-17-24(18-14-21)30(3)4/h7-18H,1-6H3. The first kappa shape index (κ1) is 20.8. The number of hydrogen-bond donors (Lipinski definition) is 0. The minimum Gasteiger partial charge on any atom is -0.378 e. The van der Waals surface area contributed by atoms with Crippen molar-refractivity contribution in [2.75, 3.05) is 57.0 Å². The molecule has 0 atom stereocenters. The fraction of sp³-hybridized carbons (Fsp3) is 0.214. The molecule has 0 amide bonds. The number of benzene rings is 4. The summed E-state index contributed by atoms with van der Waals surface area (Å²) in [6.07, 6.45) is 0. The lowest BCUT2D eigenvalue weighted by Crippen LogP contribution is -2.12. The van der Waals surface area contributed by atoms with Gasteiger partial charge in [0.15, 0.2) is 0 Å². The molecule has 3 nitrogen and oxygen atoms in total. The molecule has 0 spiro atoms. The lowest BCUT2D eigenvalue weighted by Gasteiger charge is -2.24. The van der Waals surface area contributed by atoms with Crippen LogP contribution >= 0.6 is 0 Å². The van der Waals surface area contributed by atoms with Gasteiger partial charge in [-0.15, -0.1) is 0 Å². The van der Waals surface area contributed by atoms with Crippen molar-refractivity contribution >= 4 is 27.8 Å². The Morgan fingerprint density at radius 2 is 1.06 bits per heavy atom. The summed E-state index contributed by atoms with van der Waals surface area (Å²) in [5.74, 6) is 0. The molecule has 0 fully saturated rings. The van der Waals surface area contributed by atoms with Gasteiger partial charge in [0.25, 0.3) is 0 Å². The van der Waals surface area contributed by atoms with E-state index in [1.54, 1.807) is 0 Å². The van der Waals surface area contributed by atoms with E-state index in [2.05, 4.69) is 136 Å². The van der Waals surface area contributed by atoms with Gasteiger partial charge in [0.2, 0.25) is 0 Å². The smallest absolute Gasteiger partial charge is 0.0527 e. The fourth-order valence-electron chi connectivity index (χ4n) is 4.06. The second-order valence-electron chi connectivity index (χ2n) is 8.55. The molecule has 4 rings (SSSR count). The van der Waals surface area contributed by atoms with Crippen LogP contribution in [-0.2, 0) is 0 Å². The lowest BCUT2D eigenvalue weighted by molar-refractivity contribution is 1.13. The van der Waals surface area contributed by atoms with Crippen molar-refractivity contribution in [3.8, 4) is 22.3 Å². The summed E-state index contributed by atoms with van der Waals surface area (Å²) < 4.78 is 0. The highest BCUT2D eigenvalue weighted by Crippen LogP contribution is 2.44. The van der Waals surface area contributed by atoms with E-state index >= 15 is 0 Å². The van der Waals surface area contributed by atoms with Gasteiger partial charge in [0.1, 0.15) is 0 Å². The van der Waals surface area contributed by atoms with Crippen LogP contribution in [0.25, 0.3) is 33.0 Å². The van der Waals surface area contributed by atoms with Gasteiger partial charge < -0.3 is 14.7 Å². The van der Waals surface area contributed by atoms with Crippen molar-refractivity contribution in [3.63, 3.8) is 0 Å². The summed E-state index contributed by atoms with van der Waals surface area (Å²) in [5.41, 5.74) is 8.32. The van der Waals surface area contributed by atoms with E-state index in [0.717, 1.165) is 10.9 Å². The Morgan fingerprint density at radius 3 is 1.58 bits per heavy atom. The monoisotopic (exact) mass is 408 g/mol. The maximum absolute atomic E-state index is 3.74. The average Bonchev–Trinajstić information content (AvgIpc) is 2.77. The molecule has 31 heavy (non-hydrogen) atoms.